The van der Waals surface area contributed by atoms with Crippen molar-refractivity contribution in [1.29, 1.82) is 0 Å². The molecule has 3 aromatic carbocycles. The third kappa shape index (κ3) is 3.92. The molecule has 186 valence electrons. The molecule has 1 unspecified atom stereocenters. The van der Waals surface area contributed by atoms with Crippen LogP contribution in [0, 0.1) is 0 Å². The van der Waals surface area contributed by atoms with Gasteiger partial charge in [-0.15, -0.1) is 0 Å². The molecule has 1 amide bonds. The fraction of sp³-hybridized carbons (Fsp3) is 0.138. The lowest BCUT2D eigenvalue weighted by molar-refractivity contribution is -0.141. The Morgan fingerprint density at radius 2 is 1.43 bits per heavy atom. The molecule has 0 radical (unpaired) electrons. The van der Waals surface area contributed by atoms with Gasteiger partial charge < -0.3 is 19.1 Å². The smallest absolute Gasteiger partial charge is 0.355 e. The number of hydrogen-bond donors (Lipinski definition) is 0. The number of methoxy groups -OCH3 is 3. The third-order valence-electron chi connectivity index (χ3n) is 6.39. The molecule has 0 N–H and O–H groups in total. The number of nitrogens with zero attached hydrogens (tertiary/aromatic N) is 2. The summed E-state index contributed by atoms with van der Waals surface area (Å²) in [5, 5.41) is 0. The van der Waals surface area contributed by atoms with Crippen molar-refractivity contribution < 1.29 is 28.6 Å². The predicted molar refractivity (Wildman–Crippen MR) is 139 cm³/mol. The van der Waals surface area contributed by atoms with Crippen LogP contribution in [0.5, 0.6) is 5.75 Å². The molecule has 0 spiro atoms. The number of para-hydroxylation sites is 1. The number of amides is 1. The number of carbonyl (C=O) groups excluding carboxylic acids is 3. The van der Waals surface area contributed by atoms with Crippen molar-refractivity contribution in [1.82, 2.24) is 0 Å². The molecule has 2 aliphatic heterocycles. The zero-order valence-electron chi connectivity index (χ0n) is 20.5. The lowest BCUT2D eigenvalue weighted by atomic mass is 9.99. The summed E-state index contributed by atoms with van der Waals surface area (Å²) in [6, 6.07) is 24.1. The van der Waals surface area contributed by atoms with E-state index in [-0.39, 0.29) is 5.70 Å². The molecule has 3 aromatic rings. The van der Waals surface area contributed by atoms with Crippen LogP contribution in [0.3, 0.4) is 0 Å². The highest BCUT2D eigenvalue weighted by Gasteiger charge is 2.52. The monoisotopic (exact) mass is 496 g/mol. The first-order valence-corrected chi connectivity index (χ1v) is 11.5. The van der Waals surface area contributed by atoms with Crippen molar-refractivity contribution in [2.75, 3.05) is 31.1 Å². The van der Waals surface area contributed by atoms with Gasteiger partial charge in [-0.1, -0.05) is 48.5 Å². The predicted octanol–water partition coefficient (Wildman–Crippen LogP) is 4.03. The fourth-order valence-electron chi connectivity index (χ4n) is 4.75. The fourth-order valence-corrected chi connectivity index (χ4v) is 4.75. The van der Waals surface area contributed by atoms with Crippen LogP contribution in [0.4, 0.5) is 11.4 Å². The number of carbonyl (C=O) groups is 3. The van der Waals surface area contributed by atoms with Crippen LogP contribution in [0.1, 0.15) is 11.1 Å². The Balaban J connectivity index is 1.84. The molecule has 0 aromatic heterocycles. The Bertz CT molecular complexity index is 1440. The summed E-state index contributed by atoms with van der Waals surface area (Å²) in [6.45, 7) is 0. The molecule has 0 aliphatic carbocycles. The quantitative estimate of drug-likeness (QED) is 0.390. The minimum Gasteiger partial charge on any atom is -0.497 e. The largest absolute Gasteiger partial charge is 0.497 e. The van der Waals surface area contributed by atoms with Gasteiger partial charge in [0.25, 0.3) is 5.91 Å². The SMILES string of the molecule is COC(=O)C1=C(C(=O)OC)N(c2ccc(OC)cc2)C2/C(=C/c3ccccc3)c3ccccc3N2C1=O. The number of benzene rings is 3. The minimum atomic E-state index is -0.930. The van der Waals surface area contributed by atoms with Gasteiger partial charge >= 0.3 is 11.9 Å². The number of ether oxygens (including phenoxy) is 3. The average molecular weight is 497 g/mol. The van der Waals surface area contributed by atoms with E-state index in [9.17, 15) is 14.4 Å². The number of esters is 2. The van der Waals surface area contributed by atoms with Gasteiger partial charge in [0.2, 0.25) is 0 Å². The molecule has 2 heterocycles. The van der Waals surface area contributed by atoms with Gasteiger partial charge in [0.05, 0.1) is 27.0 Å². The average Bonchev–Trinajstić information content (AvgIpc) is 3.27. The second kappa shape index (κ2) is 9.66. The van der Waals surface area contributed by atoms with Crippen molar-refractivity contribution in [3.05, 3.63) is 101 Å². The molecule has 2 aliphatic rings. The number of hydrogen-bond acceptors (Lipinski definition) is 7. The van der Waals surface area contributed by atoms with Crippen molar-refractivity contribution >= 4 is 40.9 Å². The summed E-state index contributed by atoms with van der Waals surface area (Å²) >= 11 is 0. The third-order valence-corrected chi connectivity index (χ3v) is 6.39. The first-order chi connectivity index (χ1) is 18.0. The molecule has 0 bridgehead atoms. The van der Waals surface area contributed by atoms with Crippen molar-refractivity contribution in [2.24, 2.45) is 0 Å². The summed E-state index contributed by atoms with van der Waals surface area (Å²) in [6.07, 6.45) is 1.20. The summed E-state index contributed by atoms with van der Waals surface area (Å²) in [5.74, 6) is -1.80. The van der Waals surface area contributed by atoms with E-state index in [1.807, 2.05) is 60.7 Å². The molecule has 37 heavy (non-hydrogen) atoms. The second-order valence-electron chi connectivity index (χ2n) is 8.35. The number of fused-ring (bicyclic) bond motifs is 3. The molecular weight excluding hydrogens is 472 g/mol. The molecule has 0 fully saturated rings. The molecule has 8 nitrogen and oxygen atoms in total. The zero-order chi connectivity index (χ0) is 26.1. The van der Waals surface area contributed by atoms with Gasteiger partial charge in [-0.05, 0) is 42.0 Å². The van der Waals surface area contributed by atoms with Gasteiger partial charge in [0.1, 0.15) is 17.6 Å². The topological polar surface area (TPSA) is 85.4 Å². The zero-order valence-corrected chi connectivity index (χ0v) is 20.5. The van der Waals surface area contributed by atoms with Gasteiger partial charge in [-0.3, -0.25) is 9.69 Å². The van der Waals surface area contributed by atoms with Crippen molar-refractivity contribution in [3.63, 3.8) is 0 Å². The van der Waals surface area contributed by atoms with E-state index in [0.717, 1.165) is 16.7 Å². The maximum absolute atomic E-state index is 14.0. The Kier molecular flexibility index (Phi) is 6.23. The van der Waals surface area contributed by atoms with Crippen LogP contribution >= 0.6 is 0 Å². The molecule has 8 heteroatoms. The Labute approximate surface area is 214 Å². The second-order valence-corrected chi connectivity index (χ2v) is 8.35. The maximum Gasteiger partial charge on any atom is 0.355 e. The van der Waals surface area contributed by atoms with Crippen LogP contribution in [0.2, 0.25) is 0 Å². The number of anilines is 2. The normalized spacial score (nSPS) is 17.4. The van der Waals surface area contributed by atoms with E-state index in [1.54, 1.807) is 36.3 Å². The first kappa shape index (κ1) is 23.9. The molecule has 0 saturated heterocycles. The van der Waals surface area contributed by atoms with E-state index >= 15 is 0 Å². The summed E-state index contributed by atoms with van der Waals surface area (Å²) in [5.41, 5.74) is 3.06. The van der Waals surface area contributed by atoms with Crippen LogP contribution < -0.4 is 14.5 Å². The lowest BCUT2D eigenvalue weighted by Gasteiger charge is -2.42. The Morgan fingerprint density at radius 1 is 0.784 bits per heavy atom. The van der Waals surface area contributed by atoms with Gasteiger partial charge in [-0.2, -0.15) is 0 Å². The van der Waals surface area contributed by atoms with Crippen molar-refractivity contribution in [2.45, 2.75) is 6.17 Å². The van der Waals surface area contributed by atoms with E-state index in [2.05, 4.69) is 0 Å². The van der Waals surface area contributed by atoms with Crippen LogP contribution in [0.25, 0.3) is 11.6 Å². The van der Waals surface area contributed by atoms with E-state index < -0.39 is 29.6 Å². The summed E-state index contributed by atoms with van der Waals surface area (Å²) in [7, 11) is 3.93. The molecule has 1 atom stereocenters. The Morgan fingerprint density at radius 3 is 2.08 bits per heavy atom. The van der Waals surface area contributed by atoms with Crippen LogP contribution in [0.15, 0.2) is 90.1 Å². The lowest BCUT2D eigenvalue weighted by Crippen LogP contribution is -2.56. The van der Waals surface area contributed by atoms with Gasteiger partial charge in [-0.25, -0.2) is 9.59 Å². The highest BCUT2D eigenvalue weighted by atomic mass is 16.5. The maximum atomic E-state index is 14.0. The molecular formula is C29H24N2O6. The van der Waals surface area contributed by atoms with Gasteiger partial charge in [0.15, 0.2) is 5.57 Å². The van der Waals surface area contributed by atoms with Crippen LogP contribution in [-0.4, -0.2) is 45.3 Å². The summed E-state index contributed by atoms with van der Waals surface area (Å²) < 4.78 is 15.3. The van der Waals surface area contributed by atoms with Crippen molar-refractivity contribution in [3.8, 4) is 5.75 Å². The van der Waals surface area contributed by atoms with Gasteiger partial charge in [0, 0.05) is 16.8 Å². The highest BCUT2D eigenvalue weighted by molar-refractivity contribution is 6.30. The molecule has 5 rings (SSSR count). The van der Waals surface area contributed by atoms with E-state index in [0.29, 0.717) is 17.1 Å². The summed E-state index contributed by atoms with van der Waals surface area (Å²) in [4.78, 5) is 43.3. The first-order valence-electron chi connectivity index (χ1n) is 11.5. The molecule has 0 saturated carbocycles. The van der Waals surface area contributed by atoms with E-state index in [4.69, 9.17) is 14.2 Å². The van der Waals surface area contributed by atoms with E-state index in [1.165, 1.54) is 19.1 Å². The minimum absolute atomic E-state index is 0.197. The Hall–Kier alpha value is -4.85. The number of rotatable bonds is 5. The van der Waals surface area contributed by atoms with Crippen LogP contribution in [-0.2, 0) is 23.9 Å². The highest BCUT2D eigenvalue weighted by Crippen LogP contribution is 2.48. The standard InChI is InChI=1S/C29H24N2O6/c1-35-20-15-13-19(14-16-20)30-25(29(34)37-3)24(28(33)36-2)27(32)31-23-12-8-7-11-21(23)22(26(30)31)17-18-9-5-4-6-10-18/h4-17,26H,1-3H3/b22-17+.